The number of rotatable bonds is 6. The number of carbonyl (C=O) groups is 1. The third-order valence-corrected chi connectivity index (χ3v) is 4.87. The van der Waals surface area contributed by atoms with Gasteiger partial charge in [-0.3, -0.25) is 14.2 Å². The normalized spacial score (nSPS) is 11.6. The van der Waals surface area contributed by atoms with Crippen LogP contribution in [0, 0.1) is 11.3 Å². The summed E-state index contributed by atoms with van der Waals surface area (Å²) in [5.74, 6) is 0.0461. The maximum atomic E-state index is 12.9. The summed E-state index contributed by atoms with van der Waals surface area (Å²) in [7, 11) is 0. The molecule has 6 nitrogen and oxygen atoms in total. The molecule has 0 radical (unpaired) electrons. The second-order valence-electron chi connectivity index (χ2n) is 7.30. The molecule has 1 heterocycles. The molecule has 0 spiro atoms. The summed E-state index contributed by atoms with van der Waals surface area (Å²) in [6.45, 7) is 5.35. The lowest BCUT2D eigenvalue weighted by Crippen LogP contribution is -2.31. The van der Waals surface area contributed by atoms with Crippen molar-refractivity contribution in [1.82, 2.24) is 4.57 Å². The maximum Gasteiger partial charge on any atom is 0.252 e. The van der Waals surface area contributed by atoms with Gasteiger partial charge >= 0.3 is 0 Å². The fraction of sp³-hybridized carbons (Fsp3) is 0.208. The lowest BCUT2D eigenvalue weighted by Gasteiger charge is -2.20. The van der Waals surface area contributed by atoms with Gasteiger partial charge in [0.1, 0.15) is 11.8 Å². The minimum Gasteiger partial charge on any atom is -0.489 e. The summed E-state index contributed by atoms with van der Waals surface area (Å²) in [6.07, 6.45) is 1.32. The number of anilines is 1. The second kappa shape index (κ2) is 9.50. The van der Waals surface area contributed by atoms with E-state index in [-0.39, 0.29) is 12.0 Å². The van der Waals surface area contributed by atoms with Crippen LogP contribution in [0.15, 0.2) is 65.6 Å². The Morgan fingerprint density at radius 3 is 2.45 bits per heavy atom. The van der Waals surface area contributed by atoms with Gasteiger partial charge in [-0.15, -0.1) is 0 Å². The van der Waals surface area contributed by atoms with Crippen molar-refractivity contribution in [3.05, 3.63) is 81.7 Å². The van der Waals surface area contributed by atoms with Gasteiger partial charge in [0.05, 0.1) is 23.9 Å². The Morgan fingerprint density at radius 1 is 1.10 bits per heavy atom. The van der Waals surface area contributed by atoms with Gasteiger partial charge in [-0.05, 0) is 51.1 Å². The first kappa shape index (κ1) is 22.1. The number of amides is 1. The average Bonchev–Trinajstić information content (AvgIpc) is 2.74. The SMILES string of the molecule is CC(C)Oc1cn(C(C)C(=O)Nc2ccccc2)c(=O)cc1-c1cc(Cl)ccc1C#N. The monoisotopic (exact) mass is 435 g/mol. The molecule has 0 bridgehead atoms. The van der Waals surface area contributed by atoms with E-state index in [0.29, 0.717) is 33.1 Å². The molecule has 0 saturated heterocycles. The lowest BCUT2D eigenvalue weighted by molar-refractivity contribution is -0.118. The summed E-state index contributed by atoms with van der Waals surface area (Å²) < 4.78 is 7.25. The number of nitrogens with zero attached hydrogens (tertiary/aromatic N) is 2. The van der Waals surface area contributed by atoms with E-state index in [4.69, 9.17) is 16.3 Å². The van der Waals surface area contributed by atoms with Crippen LogP contribution in [0.25, 0.3) is 11.1 Å². The number of hydrogen-bond donors (Lipinski definition) is 1. The van der Waals surface area contributed by atoms with Gasteiger partial charge in [-0.25, -0.2) is 0 Å². The van der Waals surface area contributed by atoms with Crippen molar-refractivity contribution in [1.29, 1.82) is 5.26 Å². The fourth-order valence-corrected chi connectivity index (χ4v) is 3.29. The third-order valence-electron chi connectivity index (χ3n) is 4.64. The highest BCUT2D eigenvalue weighted by atomic mass is 35.5. The Morgan fingerprint density at radius 2 is 1.81 bits per heavy atom. The molecule has 0 aliphatic rings. The highest BCUT2D eigenvalue weighted by Crippen LogP contribution is 2.34. The summed E-state index contributed by atoms with van der Waals surface area (Å²) in [4.78, 5) is 25.7. The minimum absolute atomic E-state index is 0.192. The van der Waals surface area contributed by atoms with Crippen LogP contribution in [0.5, 0.6) is 5.75 Å². The van der Waals surface area contributed by atoms with Crippen molar-refractivity contribution in [3.63, 3.8) is 0 Å². The van der Waals surface area contributed by atoms with Crippen molar-refractivity contribution in [2.24, 2.45) is 0 Å². The quantitative estimate of drug-likeness (QED) is 0.588. The maximum absolute atomic E-state index is 12.9. The van der Waals surface area contributed by atoms with Crippen LogP contribution in [-0.2, 0) is 4.79 Å². The molecule has 1 amide bonds. The average molecular weight is 436 g/mol. The number of carbonyl (C=O) groups excluding carboxylic acids is 1. The molecule has 1 aromatic heterocycles. The van der Waals surface area contributed by atoms with E-state index in [2.05, 4.69) is 11.4 Å². The molecule has 1 N–H and O–H groups in total. The Kier molecular flexibility index (Phi) is 6.78. The zero-order valence-corrected chi connectivity index (χ0v) is 18.2. The van der Waals surface area contributed by atoms with Crippen molar-refractivity contribution in [3.8, 4) is 22.9 Å². The van der Waals surface area contributed by atoms with Crippen molar-refractivity contribution in [2.45, 2.75) is 32.9 Å². The van der Waals surface area contributed by atoms with E-state index in [9.17, 15) is 14.9 Å². The summed E-state index contributed by atoms with van der Waals surface area (Å²) in [5.41, 5.74) is 1.55. The van der Waals surface area contributed by atoms with E-state index in [1.807, 2.05) is 32.0 Å². The van der Waals surface area contributed by atoms with Crippen molar-refractivity contribution < 1.29 is 9.53 Å². The first-order valence-corrected chi connectivity index (χ1v) is 10.2. The number of pyridine rings is 1. The molecule has 31 heavy (non-hydrogen) atoms. The summed E-state index contributed by atoms with van der Waals surface area (Å²) >= 11 is 6.14. The predicted octanol–water partition coefficient (Wildman–Crippen LogP) is 5.03. The van der Waals surface area contributed by atoms with Crippen LogP contribution in [0.4, 0.5) is 5.69 Å². The number of halogens is 1. The van der Waals surface area contributed by atoms with E-state index in [1.165, 1.54) is 16.8 Å². The first-order valence-electron chi connectivity index (χ1n) is 9.79. The Balaban J connectivity index is 2.06. The lowest BCUT2D eigenvalue weighted by atomic mass is 10.0. The van der Waals surface area contributed by atoms with E-state index < -0.39 is 11.6 Å². The van der Waals surface area contributed by atoms with Crippen molar-refractivity contribution in [2.75, 3.05) is 5.32 Å². The Labute approximate surface area is 185 Å². The van der Waals surface area contributed by atoms with Crippen molar-refractivity contribution >= 4 is 23.2 Å². The Hall–Kier alpha value is -3.56. The number of benzene rings is 2. The smallest absolute Gasteiger partial charge is 0.252 e. The highest BCUT2D eigenvalue weighted by Gasteiger charge is 2.21. The van der Waals surface area contributed by atoms with Gasteiger partial charge in [0.15, 0.2) is 0 Å². The van der Waals surface area contributed by atoms with E-state index in [0.717, 1.165) is 0 Å². The Bertz CT molecular complexity index is 1200. The second-order valence-corrected chi connectivity index (χ2v) is 7.73. The molecule has 0 aliphatic carbocycles. The third kappa shape index (κ3) is 5.14. The van der Waals surface area contributed by atoms with Crippen LogP contribution >= 0.6 is 11.6 Å². The van der Waals surface area contributed by atoms with Gasteiger partial charge in [-0.2, -0.15) is 5.26 Å². The largest absolute Gasteiger partial charge is 0.489 e. The molecule has 2 aromatic carbocycles. The molecule has 3 rings (SSSR count). The number of nitriles is 1. The van der Waals surface area contributed by atoms with E-state index in [1.54, 1.807) is 37.3 Å². The predicted molar refractivity (Wildman–Crippen MR) is 121 cm³/mol. The molecule has 7 heteroatoms. The van der Waals surface area contributed by atoms with Gasteiger partial charge in [0, 0.05) is 27.9 Å². The molecule has 1 atom stereocenters. The molecule has 158 valence electrons. The number of hydrogen-bond acceptors (Lipinski definition) is 4. The molecular weight excluding hydrogens is 414 g/mol. The molecule has 3 aromatic rings. The number of ether oxygens (including phenoxy) is 1. The van der Waals surface area contributed by atoms with Crippen LogP contribution in [0.1, 0.15) is 32.4 Å². The van der Waals surface area contributed by atoms with Crippen LogP contribution in [0.3, 0.4) is 0 Å². The van der Waals surface area contributed by atoms with Crippen LogP contribution < -0.4 is 15.6 Å². The topological polar surface area (TPSA) is 84.1 Å². The molecular formula is C24H22ClN3O3. The van der Waals surface area contributed by atoms with Crippen LogP contribution in [0.2, 0.25) is 5.02 Å². The zero-order valence-electron chi connectivity index (χ0n) is 17.4. The highest BCUT2D eigenvalue weighted by molar-refractivity contribution is 6.31. The number of nitrogens with one attached hydrogen (secondary N) is 1. The standard InChI is InChI=1S/C24H22ClN3O3/c1-15(2)31-22-14-28(16(3)24(30)27-19-7-5-4-6-8-19)23(29)12-21(22)20-11-18(25)10-9-17(20)13-26/h4-12,14-16H,1-3H3,(H,27,30). The summed E-state index contributed by atoms with van der Waals surface area (Å²) in [6, 6.07) is 16.6. The summed E-state index contributed by atoms with van der Waals surface area (Å²) in [5, 5.41) is 12.7. The minimum atomic E-state index is -0.786. The van der Waals surface area contributed by atoms with E-state index >= 15 is 0 Å². The fourth-order valence-electron chi connectivity index (χ4n) is 3.12. The number of aromatic nitrogens is 1. The first-order chi connectivity index (χ1) is 14.8. The van der Waals surface area contributed by atoms with Gasteiger partial charge in [-0.1, -0.05) is 29.8 Å². The van der Waals surface area contributed by atoms with Gasteiger partial charge < -0.3 is 10.1 Å². The van der Waals surface area contributed by atoms with Gasteiger partial charge in [0.2, 0.25) is 5.91 Å². The zero-order chi connectivity index (χ0) is 22.5. The molecule has 0 aliphatic heterocycles. The molecule has 0 saturated carbocycles. The molecule has 0 fully saturated rings. The van der Waals surface area contributed by atoms with Gasteiger partial charge in [0.25, 0.3) is 5.56 Å². The van der Waals surface area contributed by atoms with Crippen LogP contribution in [-0.4, -0.2) is 16.6 Å². The molecule has 1 unspecified atom stereocenters. The number of para-hydroxylation sites is 1.